The minimum Gasteiger partial charge on any atom is -0.396 e. The second-order valence-corrected chi connectivity index (χ2v) is 9.05. The summed E-state index contributed by atoms with van der Waals surface area (Å²) in [5, 5.41) is 22.7. The van der Waals surface area contributed by atoms with Crippen LogP contribution in [0.4, 0.5) is 24.5 Å². The molecule has 1 atom stereocenters. The minimum atomic E-state index is -5.22. The number of alkyl halides is 3. The van der Waals surface area contributed by atoms with Gasteiger partial charge in [-0.2, -0.15) is 13.2 Å². The summed E-state index contributed by atoms with van der Waals surface area (Å²) in [7, 11) is -3.99. The zero-order valence-corrected chi connectivity index (χ0v) is 17.8. The van der Waals surface area contributed by atoms with Gasteiger partial charge in [0.2, 0.25) is 15.4 Å². The standard InChI is InChI=1S/C19H20ClF3N2O5S/c1-18(28,19(21,22)23)17(27)25-16-8-7-14(11-15(16)20)31(29,30)13-5-3-12(4-6-13)24-9-2-10-26/h3-8,11,24,26,28H,2,9-10H2,1H3,(H,25,27)/t18-/m1/s1. The Morgan fingerprint density at radius 3 is 2.19 bits per heavy atom. The quantitative estimate of drug-likeness (QED) is 0.431. The Kier molecular flexibility index (Phi) is 7.58. The number of aliphatic hydroxyl groups is 2. The van der Waals surface area contributed by atoms with E-state index in [1.54, 1.807) is 12.1 Å². The Morgan fingerprint density at radius 2 is 1.68 bits per heavy atom. The van der Waals surface area contributed by atoms with Crippen LogP contribution in [0, 0.1) is 0 Å². The summed E-state index contributed by atoms with van der Waals surface area (Å²) in [6.07, 6.45) is -4.69. The van der Waals surface area contributed by atoms with Crippen LogP contribution in [-0.2, 0) is 14.6 Å². The van der Waals surface area contributed by atoms with Gasteiger partial charge in [-0.15, -0.1) is 0 Å². The molecule has 2 aromatic rings. The van der Waals surface area contributed by atoms with E-state index < -0.39 is 27.5 Å². The normalized spacial score (nSPS) is 14.0. The van der Waals surface area contributed by atoms with Gasteiger partial charge in [0.25, 0.3) is 5.91 Å². The average Bonchev–Trinajstić information content (AvgIpc) is 2.69. The van der Waals surface area contributed by atoms with Crippen LogP contribution in [0.1, 0.15) is 13.3 Å². The Balaban J connectivity index is 2.22. The molecule has 4 N–H and O–H groups in total. The molecule has 170 valence electrons. The Morgan fingerprint density at radius 1 is 1.10 bits per heavy atom. The van der Waals surface area contributed by atoms with Gasteiger partial charge >= 0.3 is 6.18 Å². The third-order valence-corrected chi connectivity index (χ3v) is 6.40. The number of amides is 1. The summed E-state index contributed by atoms with van der Waals surface area (Å²) in [4.78, 5) is 11.5. The van der Waals surface area contributed by atoms with Crippen molar-refractivity contribution >= 4 is 38.7 Å². The third-order valence-electron chi connectivity index (χ3n) is 4.32. The molecule has 31 heavy (non-hydrogen) atoms. The second kappa shape index (κ2) is 9.43. The lowest BCUT2D eigenvalue weighted by atomic mass is 10.1. The number of sulfone groups is 1. The number of hydrogen-bond acceptors (Lipinski definition) is 6. The number of halogens is 4. The molecule has 2 rings (SSSR count). The van der Waals surface area contributed by atoms with Gasteiger partial charge in [-0.1, -0.05) is 11.6 Å². The molecule has 0 bridgehead atoms. The van der Waals surface area contributed by atoms with Crippen molar-refractivity contribution in [2.45, 2.75) is 34.9 Å². The maximum absolute atomic E-state index is 12.8. The first kappa shape index (κ1) is 24.9. The van der Waals surface area contributed by atoms with E-state index in [-0.39, 0.29) is 34.0 Å². The second-order valence-electron chi connectivity index (χ2n) is 6.70. The molecule has 1 amide bonds. The van der Waals surface area contributed by atoms with Crippen molar-refractivity contribution in [3.05, 3.63) is 47.5 Å². The van der Waals surface area contributed by atoms with Crippen molar-refractivity contribution in [3.63, 3.8) is 0 Å². The van der Waals surface area contributed by atoms with Gasteiger partial charge in [-0.05, 0) is 55.8 Å². The highest BCUT2D eigenvalue weighted by Gasteiger charge is 2.55. The molecule has 0 aliphatic rings. The summed E-state index contributed by atoms with van der Waals surface area (Å²) in [5.74, 6) is -1.76. The van der Waals surface area contributed by atoms with Crippen LogP contribution in [0.15, 0.2) is 52.3 Å². The molecule has 0 unspecified atom stereocenters. The molecular weight excluding hydrogens is 461 g/mol. The minimum absolute atomic E-state index is 0.0183. The predicted octanol–water partition coefficient (Wildman–Crippen LogP) is 3.22. The van der Waals surface area contributed by atoms with Gasteiger partial charge < -0.3 is 20.8 Å². The molecule has 0 heterocycles. The number of anilines is 2. The molecule has 0 radical (unpaired) electrons. The van der Waals surface area contributed by atoms with Gasteiger partial charge in [0, 0.05) is 18.8 Å². The molecule has 0 aliphatic heterocycles. The summed E-state index contributed by atoms with van der Waals surface area (Å²) in [6, 6.07) is 8.90. The predicted molar refractivity (Wildman–Crippen MR) is 109 cm³/mol. The smallest absolute Gasteiger partial charge is 0.396 e. The van der Waals surface area contributed by atoms with Crippen LogP contribution in [0.3, 0.4) is 0 Å². The molecule has 0 fully saturated rings. The summed E-state index contributed by atoms with van der Waals surface area (Å²) in [5.41, 5.74) is -3.30. The third kappa shape index (κ3) is 5.67. The zero-order valence-electron chi connectivity index (χ0n) is 16.2. The van der Waals surface area contributed by atoms with Gasteiger partial charge in [0.15, 0.2) is 0 Å². The lowest BCUT2D eigenvalue weighted by molar-refractivity contribution is -0.242. The average molecular weight is 481 g/mol. The van der Waals surface area contributed by atoms with Crippen molar-refractivity contribution in [1.29, 1.82) is 0 Å². The van der Waals surface area contributed by atoms with E-state index in [4.69, 9.17) is 16.7 Å². The molecule has 7 nitrogen and oxygen atoms in total. The van der Waals surface area contributed by atoms with Crippen molar-refractivity contribution < 1.29 is 36.6 Å². The summed E-state index contributed by atoms with van der Waals surface area (Å²) >= 11 is 5.96. The fourth-order valence-electron chi connectivity index (χ4n) is 2.34. The van der Waals surface area contributed by atoms with Crippen molar-refractivity contribution in [2.24, 2.45) is 0 Å². The van der Waals surface area contributed by atoms with Gasteiger partial charge in [0.05, 0.1) is 20.5 Å². The Bertz CT molecular complexity index is 1040. The van der Waals surface area contributed by atoms with Crippen LogP contribution >= 0.6 is 11.6 Å². The first-order chi connectivity index (χ1) is 14.3. The first-order valence-corrected chi connectivity index (χ1v) is 10.8. The van der Waals surface area contributed by atoms with E-state index >= 15 is 0 Å². The van der Waals surface area contributed by atoms with Gasteiger partial charge in [-0.25, -0.2) is 8.42 Å². The molecule has 0 spiro atoms. The topological polar surface area (TPSA) is 116 Å². The van der Waals surface area contributed by atoms with Crippen LogP contribution in [0.25, 0.3) is 0 Å². The van der Waals surface area contributed by atoms with Crippen molar-refractivity contribution in [2.75, 3.05) is 23.8 Å². The van der Waals surface area contributed by atoms with Gasteiger partial charge in [0.1, 0.15) is 0 Å². The lowest BCUT2D eigenvalue weighted by Gasteiger charge is -2.25. The number of rotatable bonds is 8. The monoisotopic (exact) mass is 480 g/mol. The number of carbonyl (C=O) groups excluding carboxylic acids is 1. The highest BCUT2D eigenvalue weighted by atomic mass is 35.5. The molecule has 12 heteroatoms. The zero-order chi connectivity index (χ0) is 23.4. The number of carbonyl (C=O) groups is 1. The number of benzene rings is 2. The molecule has 0 aliphatic carbocycles. The summed E-state index contributed by atoms with van der Waals surface area (Å²) < 4.78 is 63.9. The number of hydrogen-bond donors (Lipinski definition) is 4. The van der Waals surface area contributed by atoms with Crippen molar-refractivity contribution in [1.82, 2.24) is 0 Å². The van der Waals surface area contributed by atoms with Crippen LogP contribution in [-0.4, -0.2) is 49.5 Å². The van der Waals surface area contributed by atoms with Crippen LogP contribution < -0.4 is 10.6 Å². The number of aliphatic hydroxyl groups excluding tert-OH is 1. The largest absolute Gasteiger partial charge is 0.426 e. The van der Waals surface area contributed by atoms with E-state index in [0.29, 0.717) is 18.7 Å². The number of nitrogens with one attached hydrogen (secondary N) is 2. The fourth-order valence-corrected chi connectivity index (χ4v) is 3.92. The fraction of sp³-hybridized carbons (Fsp3) is 0.316. The Hall–Kier alpha value is -2.34. The SMILES string of the molecule is C[C@@](O)(C(=O)Nc1ccc(S(=O)(=O)c2ccc(NCCCO)cc2)cc1Cl)C(F)(F)F. The molecule has 0 saturated heterocycles. The van der Waals surface area contributed by atoms with Crippen molar-refractivity contribution in [3.8, 4) is 0 Å². The Labute approximate surface area is 181 Å². The molecule has 0 aromatic heterocycles. The highest BCUT2D eigenvalue weighted by Crippen LogP contribution is 2.33. The summed E-state index contributed by atoms with van der Waals surface area (Å²) in [6.45, 7) is 0.814. The lowest BCUT2D eigenvalue weighted by Crippen LogP contribution is -2.52. The van der Waals surface area contributed by atoms with Crippen LogP contribution in [0.5, 0.6) is 0 Å². The molecule has 2 aromatic carbocycles. The van der Waals surface area contributed by atoms with E-state index in [1.165, 1.54) is 12.1 Å². The molecule has 0 saturated carbocycles. The highest BCUT2D eigenvalue weighted by molar-refractivity contribution is 7.91. The maximum atomic E-state index is 12.8. The van der Waals surface area contributed by atoms with E-state index in [0.717, 1.165) is 18.2 Å². The first-order valence-electron chi connectivity index (χ1n) is 8.90. The molecular formula is C19H20ClF3N2O5S. The van der Waals surface area contributed by atoms with E-state index in [1.807, 2.05) is 5.32 Å². The van der Waals surface area contributed by atoms with Gasteiger partial charge in [-0.3, -0.25) is 4.79 Å². The van der Waals surface area contributed by atoms with E-state index in [2.05, 4.69) is 5.32 Å². The van der Waals surface area contributed by atoms with Crippen LogP contribution in [0.2, 0.25) is 5.02 Å². The maximum Gasteiger partial charge on any atom is 0.426 e. The van der Waals surface area contributed by atoms with E-state index in [9.17, 15) is 31.5 Å².